The number of hydrogen-bond acceptors (Lipinski definition) is 5. The number of carbonyl (C=O) groups is 1. The van der Waals surface area contributed by atoms with Crippen molar-refractivity contribution in [1.29, 1.82) is 0 Å². The van der Waals surface area contributed by atoms with Gasteiger partial charge in [0, 0.05) is 11.0 Å². The number of hydrogen-bond donors (Lipinski definition) is 0. The molecule has 4 aromatic rings. The summed E-state index contributed by atoms with van der Waals surface area (Å²) in [5.74, 6) is 0.825. The maximum absolute atomic E-state index is 13.0. The quantitative estimate of drug-likeness (QED) is 0.396. The van der Waals surface area contributed by atoms with Crippen LogP contribution in [0.3, 0.4) is 0 Å². The monoisotopic (exact) mass is 468 g/mol. The number of carbonyl (C=O) groups excluding carboxylic acids is 1. The Balaban J connectivity index is 1.34. The lowest BCUT2D eigenvalue weighted by molar-refractivity contribution is -0.0237. The molecule has 3 heterocycles. The van der Waals surface area contributed by atoms with Gasteiger partial charge in [-0.2, -0.15) is 0 Å². The molecule has 5 nitrogen and oxygen atoms in total. The Hall–Kier alpha value is -2.48. The number of halogens is 1. The lowest BCUT2D eigenvalue weighted by Gasteiger charge is -2.32. The Labute approximate surface area is 180 Å². The predicted molar refractivity (Wildman–Crippen MR) is 116 cm³/mol. The second kappa shape index (κ2) is 7.74. The van der Waals surface area contributed by atoms with E-state index in [-0.39, 0.29) is 12.0 Å². The fraction of sp³-hybridized carbons (Fsp3) is 0.182. The summed E-state index contributed by atoms with van der Waals surface area (Å²) in [4.78, 5) is 19.4. The molecule has 0 radical (unpaired) electrons. The van der Waals surface area contributed by atoms with Gasteiger partial charge < -0.3 is 14.1 Å². The van der Waals surface area contributed by atoms with Crippen molar-refractivity contribution in [1.82, 2.24) is 9.88 Å². The second-order valence-electron chi connectivity index (χ2n) is 6.81. The molecular formula is C22H17BrN2O3S. The highest BCUT2D eigenvalue weighted by Crippen LogP contribution is 2.32. The van der Waals surface area contributed by atoms with Crippen LogP contribution in [0.25, 0.3) is 21.0 Å². The van der Waals surface area contributed by atoms with E-state index in [1.54, 1.807) is 22.3 Å². The van der Waals surface area contributed by atoms with Crippen LogP contribution in [0.5, 0.6) is 0 Å². The van der Waals surface area contributed by atoms with Gasteiger partial charge in [0.1, 0.15) is 6.10 Å². The Morgan fingerprint density at radius 1 is 1.10 bits per heavy atom. The number of ether oxygens (including phenoxy) is 1. The zero-order chi connectivity index (χ0) is 19.8. The summed E-state index contributed by atoms with van der Waals surface area (Å²) in [6.45, 7) is 1.54. The van der Waals surface area contributed by atoms with Crippen LogP contribution in [0.4, 0.5) is 0 Å². The van der Waals surface area contributed by atoms with Crippen LogP contribution in [-0.2, 0) is 4.74 Å². The Bertz CT molecular complexity index is 1140. The Morgan fingerprint density at radius 2 is 1.93 bits per heavy atom. The van der Waals surface area contributed by atoms with Gasteiger partial charge in [0.25, 0.3) is 5.91 Å². The standard InChI is InChI=1S/C22H17BrN2O3S/c23-15-7-5-14(6-8-15)19-13-25(11-12-27-19)22(26)18-10-9-17(28-18)21-24-16-3-1-2-4-20(16)29-21/h1-10,19H,11-13H2. The highest BCUT2D eigenvalue weighted by Gasteiger charge is 2.28. The number of aromatic nitrogens is 1. The van der Waals surface area contributed by atoms with Gasteiger partial charge in [-0.15, -0.1) is 11.3 Å². The van der Waals surface area contributed by atoms with Crippen molar-refractivity contribution in [2.75, 3.05) is 19.7 Å². The number of morpholine rings is 1. The van der Waals surface area contributed by atoms with Crippen molar-refractivity contribution in [3.63, 3.8) is 0 Å². The van der Waals surface area contributed by atoms with Gasteiger partial charge >= 0.3 is 0 Å². The molecule has 1 amide bonds. The predicted octanol–water partition coefficient (Wildman–Crippen LogP) is 5.53. The average Bonchev–Trinajstić information content (AvgIpc) is 3.41. The molecule has 7 heteroatoms. The molecule has 0 N–H and O–H groups in total. The summed E-state index contributed by atoms with van der Waals surface area (Å²) in [6.07, 6.45) is -0.139. The highest BCUT2D eigenvalue weighted by molar-refractivity contribution is 9.10. The molecule has 146 valence electrons. The number of furan rings is 1. The first kappa shape index (κ1) is 18.5. The third-order valence-corrected chi connectivity index (χ3v) is 6.50. The molecule has 5 rings (SSSR count). The van der Waals surface area contributed by atoms with Crippen molar-refractivity contribution in [2.45, 2.75) is 6.10 Å². The summed E-state index contributed by atoms with van der Waals surface area (Å²) in [6, 6.07) is 19.5. The molecule has 29 heavy (non-hydrogen) atoms. The zero-order valence-corrected chi connectivity index (χ0v) is 17.8. The van der Waals surface area contributed by atoms with E-state index in [4.69, 9.17) is 9.15 Å². The minimum Gasteiger partial charge on any atom is -0.448 e. The van der Waals surface area contributed by atoms with Crippen LogP contribution in [-0.4, -0.2) is 35.5 Å². The summed E-state index contributed by atoms with van der Waals surface area (Å²) in [5, 5.41) is 0.778. The summed E-state index contributed by atoms with van der Waals surface area (Å²) in [5.41, 5.74) is 1.99. The summed E-state index contributed by atoms with van der Waals surface area (Å²) < 4.78 is 13.9. The Kier molecular flexibility index (Phi) is 4.95. The fourth-order valence-electron chi connectivity index (χ4n) is 3.41. The normalized spacial score (nSPS) is 17.0. The van der Waals surface area contributed by atoms with Crippen molar-refractivity contribution in [3.05, 3.63) is 76.5 Å². The minimum atomic E-state index is -0.139. The molecule has 0 aliphatic carbocycles. The molecule has 1 fully saturated rings. The highest BCUT2D eigenvalue weighted by atomic mass is 79.9. The van der Waals surface area contributed by atoms with E-state index in [1.807, 2.05) is 54.6 Å². The van der Waals surface area contributed by atoms with E-state index in [9.17, 15) is 4.79 Å². The van der Waals surface area contributed by atoms with Crippen molar-refractivity contribution in [2.24, 2.45) is 0 Å². The number of para-hydroxylation sites is 1. The Morgan fingerprint density at radius 3 is 2.76 bits per heavy atom. The fourth-order valence-corrected chi connectivity index (χ4v) is 4.61. The smallest absolute Gasteiger partial charge is 0.289 e. The molecule has 0 spiro atoms. The van der Waals surface area contributed by atoms with Crippen molar-refractivity contribution >= 4 is 43.4 Å². The van der Waals surface area contributed by atoms with Crippen LogP contribution in [0.15, 0.2) is 69.6 Å². The SMILES string of the molecule is O=C(c1ccc(-c2nc3ccccc3s2)o1)N1CCOC(c2ccc(Br)cc2)C1. The number of amides is 1. The van der Waals surface area contributed by atoms with Crippen molar-refractivity contribution in [3.8, 4) is 10.8 Å². The molecule has 2 aromatic heterocycles. The number of fused-ring (bicyclic) bond motifs is 1. The first-order chi connectivity index (χ1) is 14.2. The molecule has 1 atom stereocenters. The number of rotatable bonds is 3. The van der Waals surface area contributed by atoms with E-state index in [1.165, 1.54) is 0 Å². The molecule has 1 saturated heterocycles. The maximum Gasteiger partial charge on any atom is 0.289 e. The van der Waals surface area contributed by atoms with Gasteiger partial charge in [0.2, 0.25) is 0 Å². The molecular weight excluding hydrogens is 452 g/mol. The van der Waals surface area contributed by atoms with Gasteiger partial charge in [-0.05, 0) is 42.0 Å². The van der Waals surface area contributed by atoms with Gasteiger partial charge in [-0.25, -0.2) is 4.98 Å². The summed E-state index contributed by atoms with van der Waals surface area (Å²) in [7, 11) is 0. The lowest BCUT2D eigenvalue weighted by Crippen LogP contribution is -2.42. The number of benzene rings is 2. The minimum absolute atomic E-state index is 0.122. The van der Waals surface area contributed by atoms with E-state index < -0.39 is 0 Å². The topological polar surface area (TPSA) is 55.6 Å². The van der Waals surface area contributed by atoms with E-state index in [0.717, 1.165) is 25.3 Å². The summed E-state index contributed by atoms with van der Waals surface area (Å²) >= 11 is 5.00. The first-order valence-electron chi connectivity index (χ1n) is 9.29. The molecule has 1 aliphatic heterocycles. The zero-order valence-electron chi connectivity index (χ0n) is 15.4. The van der Waals surface area contributed by atoms with E-state index >= 15 is 0 Å². The molecule has 0 bridgehead atoms. The molecule has 1 aliphatic rings. The number of thiazole rings is 1. The van der Waals surface area contributed by atoms with Gasteiger partial charge in [0.05, 0.1) is 23.4 Å². The third kappa shape index (κ3) is 3.73. The van der Waals surface area contributed by atoms with E-state index in [0.29, 0.717) is 31.2 Å². The van der Waals surface area contributed by atoms with Gasteiger partial charge in [0.15, 0.2) is 16.5 Å². The van der Waals surface area contributed by atoms with Crippen LogP contribution in [0.2, 0.25) is 0 Å². The maximum atomic E-state index is 13.0. The van der Waals surface area contributed by atoms with Gasteiger partial charge in [-0.3, -0.25) is 4.79 Å². The van der Waals surface area contributed by atoms with Crippen LogP contribution in [0, 0.1) is 0 Å². The van der Waals surface area contributed by atoms with Crippen LogP contribution < -0.4 is 0 Å². The largest absolute Gasteiger partial charge is 0.448 e. The molecule has 1 unspecified atom stereocenters. The van der Waals surface area contributed by atoms with Crippen molar-refractivity contribution < 1.29 is 13.9 Å². The van der Waals surface area contributed by atoms with Crippen LogP contribution >= 0.6 is 27.3 Å². The lowest BCUT2D eigenvalue weighted by atomic mass is 10.1. The first-order valence-corrected chi connectivity index (χ1v) is 10.9. The van der Waals surface area contributed by atoms with E-state index in [2.05, 4.69) is 20.9 Å². The number of nitrogens with zero attached hydrogens (tertiary/aromatic N) is 2. The molecule has 2 aromatic carbocycles. The second-order valence-corrected chi connectivity index (χ2v) is 8.76. The average molecular weight is 469 g/mol. The third-order valence-electron chi connectivity index (χ3n) is 4.92. The molecule has 0 saturated carbocycles. The van der Waals surface area contributed by atoms with Crippen LogP contribution in [0.1, 0.15) is 22.2 Å². The van der Waals surface area contributed by atoms with Gasteiger partial charge in [-0.1, -0.05) is 40.2 Å².